The summed E-state index contributed by atoms with van der Waals surface area (Å²) in [4.78, 5) is 11.6. The second-order valence-corrected chi connectivity index (χ2v) is 9.60. The molecule has 0 bridgehead atoms. The van der Waals surface area contributed by atoms with Crippen LogP contribution in [0.4, 0.5) is 0 Å². The van der Waals surface area contributed by atoms with Gasteiger partial charge in [0.15, 0.2) is 0 Å². The van der Waals surface area contributed by atoms with Crippen LogP contribution < -0.4 is 0 Å². The molecule has 3 nitrogen and oxygen atoms in total. The lowest BCUT2D eigenvalue weighted by atomic mass is 9.68. The molecular weight excluding hydrogens is 260 g/mol. The Balaban J connectivity index is 2.13. The lowest BCUT2D eigenvalue weighted by molar-refractivity contribution is -0.00323. The van der Waals surface area contributed by atoms with E-state index in [1.807, 2.05) is 5.01 Å². The van der Waals surface area contributed by atoms with Gasteiger partial charge in [-0.1, -0.05) is 41.5 Å². The van der Waals surface area contributed by atoms with Gasteiger partial charge in [-0.3, -0.25) is 5.01 Å². The first-order valence-corrected chi connectivity index (χ1v) is 8.73. The number of nitrogens with zero attached hydrogens (tertiary/aromatic N) is 2. The van der Waals surface area contributed by atoms with Gasteiger partial charge < -0.3 is 0 Å². The molecule has 0 aromatic rings. The Morgan fingerprint density at radius 1 is 0.810 bits per heavy atom. The van der Waals surface area contributed by atoms with E-state index in [9.17, 15) is 4.91 Å². The molecule has 2 saturated carbocycles. The zero-order chi connectivity index (χ0) is 15.8. The third kappa shape index (κ3) is 4.20. The molecule has 21 heavy (non-hydrogen) atoms. The summed E-state index contributed by atoms with van der Waals surface area (Å²) in [7, 11) is 0. The Labute approximate surface area is 130 Å². The number of hydrogen-bond acceptors (Lipinski definition) is 2. The van der Waals surface area contributed by atoms with Gasteiger partial charge in [0.05, 0.1) is 17.4 Å². The Morgan fingerprint density at radius 3 is 1.48 bits per heavy atom. The lowest BCUT2D eigenvalue weighted by Gasteiger charge is -2.48. The molecule has 0 N–H and O–H groups in total. The van der Waals surface area contributed by atoms with Gasteiger partial charge in [-0.15, -0.1) is 4.91 Å². The molecule has 122 valence electrons. The largest absolute Gasteiger partial charge is 0.255 e. The van der Waals surface area contributed by atoms with Crippen LogP contribution in [0.2, 0.25) is 0 Å². The van der Waals surface area contributed by atoms with E-state index < -0.39 is 0 Å². The first kappa shape index (κ1) is 16.8. The summed E-state index contributed by atoms with van der Waals surface area (Å²) in [6.07, 6.45) is 7.00. The first-order chi connectivity index (χ1) is 9.62. The fourth-order valence-corrected chi connectivity index (χ4v) is 5.43. The van der Waals surface area contributed by atoms with Crippen LogP contribution in [0.25, 0.3) is 0 Å². The number of rotatable bonds is 3. The van der Waals surface area contributed by atoms with E-state index in [2.05, 4.69) is 46.8 Å². The van der Waals surface area contributed by atoms with Crippen molar-refractivity contribution >= 4 is 0 Å². The van der Waals surface area contributed by atoms with Crippen molar-refractivity contribution in [3.8, 4) is 0 Å². The second kappa shape index (κ2) is 5.89. The third-order valence-electron chi connectivity index (χ3n) is 5.57. The topological polar surface area (TPSA) is 32.7 Å². The second-order valence-electron chi connectivity index (χ2n) is 9.60. The third-order valence-corrected chi connectivity index (χ3v) is 5.57. The van der Waals surface area contributed by atoms with Crippen molar-refractivity contribution in [3.05, 3.63) is 4.91 Å². The smallest absolute Gasteiger partial charge is 0.0529 e. The molecule has 0 radical (unpaired) electrons. The van der Waals surface area contributed by atoms with Gasteiger partial charge in [-0.05, 0) is 61.2 Å². The normalized spacial score (nSPS) is 38.8. The van der Waals surface area contributed by atoms with Crippen LogP contribution in [0, 0.1) is 27.6 Å². The van der Waals surface area contributed by atoms with Gasteiger partial charge >= 0.3 is 0 Å². The number of nitroso groups, excluding NO2 is 1. The van der Waals surface area contributed by atoms with Crippen LogP contribution in [0.15, 0.2) is 5.29 Å². The summed E-state index contributed by atoms with van der Waals surface area (Å²) >= 11 is 0. The molecule has 0 aromatic heterocycles. The van der Waals surface area contributed by atoms with Crippen LogP contribution in [0.5, 0.6) is 0 Å². The van der Waals surface area contributed by atoms with Crippen molar-refractivity contribution in [1.29, 1.82) is 0 Å². The SMILES string of the molecule is C[C@H]1C[C@@H](N(N=O)[C@@H]2C[C@H](C)CC(C)(C)C2)CC(C)(C)C1. The fraction of sp³-hybridized carbons (Fsp3) is 1.00. The molecule has 0 saturated heterocycles. The van der Waals surface area contributed by atoms with E-state index in [1.165, 1.54) is 12.8 Å². The quantitative estimate of drug-likeness (QED) is 0.515. The van der Waals surface area contributed by atoms with Crippen molar-refractivity contribution in [2.45, 2.75) is 92.2 Å². The van der Waals surface area contributed by atoms with Crippen LogP contribution in [-0.2, 0) is 0 Å². The first-order valence-electron chi connectivity index (χ1n) is 8.73. The summed E-state index contributed by atoms with van der Waals surface area (Å²) in [6.45, 7) is 14.0. The van der Waals surface area contributed by atoms with Gasteiger partial charge in [0, 0.05) is 0 Å². The molecule has 2 aliphatic rings. The molecule has 4 atom stereocenters. The van der Waals surface area contributed by atoms with Crippen molar-refractivity contribution in [3.63, 3.8) is 0 Å². The fourth-order valence-electron chi connectivity index (χ4n) is 5.43. The maximum Gasteiger partial charge on any atom is 0.0529 e. The summed E-state index contributed by atoms with van der Waals surface area (Å²) in [5.74, 6) is 1.38. The Morgan fingerprint density at radius 2 is 1.19 bits per heavy atom. The monoisotopic (exact) mass is 294 g/mol. The van der Waals surface area contributed by atoms with E-state index in [-0.39, 0.29) is 0 Å². The summed E-state index contributed by atoms with van der Waals surface area (Å²) in [6, 6.07) is 0.680. The molecule has 3 heteroatoms. The van der Waals surface area contributed by atoms with Gasteiger partial charge in [0.2, 0.25) is 0 Å². The zero-order valence-electron chi connectivity index (χ0n) is 14.9. The van der Waals surface area contributed by atoms with Crippen molar-refractivity contribution in [2.75, 3.05) is 0 Å². The molecule has 2 fully saturated rings. The zero-order valence-corrected chi connectivity index (χ0v) is 14.9. The van der Waals surface area contributed by atoms with E-state index in [1.54, 1.807) is 0 Å². The van der Waals surface area contributed by atoms with Crippen molar-refractivity contribution < 1.29 is 0 Å². The predicted octanol–water partition coefficient (Wildman–Crippen LogP) is 5.40. The highest BCUT2D eigenvalue weighted by Gasteiger charge is 2.41. The van der Waals surface area contributed by atoms with Gasteiger partial charge in [0.1, 0.15) is 0 Å². The van der Waals surface area contributed by atoms with E-state index in [4.69, 9.17) is 0 Å². The van der Waals surface area contributed by atoms with Crippen LogP contribution in [0.3, 0.4) is 0 Å². The van der Waals surface area contributed by atoms with E-state index in [0.29, 0.717) is 34.7 Å². The minimum absolute atomic E-state index is 0.334. The van der Waals surface area contributed by atoms with Crippen LogP contribution >= 0.6 is 0 Å². The Bertz CT molecular complexity index is 345. The molecule has 0 heterocycles. The predicted molar refractivity (Wildman–Crippen MR) is 88.8 cm³/mol. The Hall–Kier alpha value is -0.600. The molecule has 0 aliphatic heterocycles. The number of hydrogen-bond donors (Lipinski definition) is 0. The highest BCUT2D eigenvalue weighted by atomic mass is 16.3. The Kier molecular flexibility index (Phi) is 4.70. The average Bonchev–Trinajstić information content (AvgIpc) is 2.23. The van der Waals surface area contributed by atoms with E-state index >= 15 is 0 Å². The highest BCUT2D eigenvalue weighted by Crippen LogP contribution is 2.45. The summed E-state index contributed by atoms with van der Waals surface area (Å²) < 4.78 is 0. The molecule has 0 aromatic carbocycles. The van der Waals surface area contributed by atoms with E-state index in [0.717, 1.165) is 25.7 Å². The minimum Gasteiger partial charge on any atom is -0.255 e. The van der Waals surface area contributed by atoms with Gasteiger partial charge in [-0.25, -0.2) is 0 Å². The lowest BCUT2D eigenvalue weighted by Crippen LogP contribution is -2.48. The molecule has 2 rings (SSSR count). The minimum atomic E-state index is 0.334. The van der Waals surface area contributed by atoms with Crippen LogP contribution in [0.1, 0.15) is 80.1 Å². The molecule has 2 aliphatic carbocycles. The molecule has 0 amide bonds. The summed E-state index contributed by atoms with van der Waals surface area (Å²) in [5.41, 5.74) is 0.669. The molecule has 0 spiro atoms. The highest BCUT2D eigenvalue weighted by molar-refractivity contribution is 4.93. The maximum atomic E-state index is 11.6. The van der Waals surface area contributed by atoms with Gasteiger partial charge in [-0.2, -0.15) is 0 Å². The average molecular weight is 294 g/mol. The molecule has 0 unspecified atom stereocenters. The standard InChI is InChI=1S/C18H34N2O/c1-13-7-15(11-17(3,4)9-13)20(19-21)16-8-14(2)10-18(5,6)12-16/h13-16H,7-12H2,1-6H3/t13-,14-,15+,16+/m0/s1. The van der Waals surface area contributed by atoms with Gasteiger partial charge in [0.25, 0.3) is 0 Å². The van der Waals surface area contributed by atoms with Crippen molar-refractivity contribution in [2.24, 2.45) is 28.0 Å². The summed E-state index contributed by atoms with van der Waals surface area (Å²) in [5, 5.41) is 5.49. The maximum absolute atomic E-state index is 11.6. The van der Waals surface area contributed by atoms with Crippen LogP contribution in [-0.4, -0.2) is 17.1 Å². The van der Waals surface area contributed by atoms with Crippen molar-refractivity contribution in [1.82, 2.24) is 5.01 Å². The molecular formula is C18H34N2O.